The van der Waals surface area contributed by atoms with Gasteiger partial charge in [-0.05, 0) is 30.3 Å². The number of nitrogen functional groups attached to an aromatic ring is 1. The summed E-state index contributed by atoms with van der Waals surface area (Å²) in [6.07, 6.45) is 1.69. The normalized spacial score (nSPS) is 10.8. The van der Waals surface area contributed by atoms with E-state index in [-0.39, 0.29) is 5.82 Å². The molecule has 0 aliphatic carbocycles. The van der Waals surface area contributed by atoms with Crippen LogP contribution in [0.15, 0.2) is 36.5 Å². The average Bonchev–Trinajstić information content (AvgIpc) is 2.48. The first kappa shape index (κ1) is 14.2. The molecule has 0 aliphatic heterocycles. The van der Waals surface area contributed by atoms with E-state index in [9.17, 15) is 0 Å². The molecule has 0 saturated heterocycles. The zero-order valence-corrected chi connectivity index (χ0v) is 12.8. The summed E-state index contributed by atoms with van der Waals surface area (Å²) < 4.78 is 0. The summed E-state index contributed by atoms with van der Waals surface area (Å²) in [4.78, 5) is 8.47. The Morgan fingerprint density at radius 1 is 1.00 bits per heavy atom. The third-order valence-corrected chi connectivity index (χ3v) is 3.85. The van der Waals surface area contributed by atoms with Crippen molar-refractivity contribution in [1.29, 1.82) is 0 Å². The van der Waals surface area contributed by atoms with Gasteiger partial charge in [0.05, 0.1) is 26.3 Å². The smallest absolute Gasteiger partial charge is 0.151 e. The topological polar surface area (TPSA) is 63.8 Å². The van der Waals surface area contributed by atoms with Gasteiger partial charge in [0.1, 0.15) is 5.82 Å². The maximum Gasteiger partial charge on any atom is 0.151 e. The molecule has 21 heavy (non-hydrogen) atoms. The van der Waals surface area contributed by atoms with Gasteiger partial charge in [0.2, 0.25) is 0 Å². The monoisotopic (exact) mass is 338 g/mol. The van der Waals surface area contributed by atoms with E-state index in [1.807, 2.05) is 12.1 Å². The maximum absolute atomic E-state index is 6.16. The van der Waals surface area contributed by atoms with Crippen LogP contribution >= 0.6 is 34.8 Å². The van der Waals surface area contributed by atoms with Crippen molar-refractivity contribution in [1.82, 2.24) is 9.97 Å². The molecule has 4 nitrogen and oxygen atoms in total. The Balaban J connectivity index is 2.11. The molecule has 0 amide bonds. The SMILES string of the molecule is Nc1nc(Nc2ccc(Cl)c3cccnc23)c(Cl)cc1Cl. The molecule has 1 aromatic carbocycles. The second kappa shape index (κ2) is 5.56. The molecule has 0 radical (unpaired) electrons. The molecular formula is C14H9Cl3N4. The van der Waals surface area contributed by atoms with Crippen LogP contribution in [0.1, 0.15) is 0 Å². The number of benzene rings is 1. The highest BCUT2D eigenvalue weighted by Gasteiger charge is 2.11. The second-order valence-corrected chi connectivity index (χ2v) is 5.53. The van der Waals surface area contributed by atoms with E-state index in [1.54, 1.807) is 24.4 Å². The Bertz CT molecular complexity index is 836. The first-order valence-corrected chi connectivity index (χ1v) is 7.11. The van der Waals surface area contributed by atoms with Gasteiger partial charge in [0.15, 0.2) is 5.82 Å². The molecule has 0 bridgehead atoms. The van der Waals surface area contributed by atoms with Crippen molar-refractivity contribution in [2.45, 2.75) is 0 Å². The first-order chi connectivity index (χ1) is 10.1. The quantitative estimate of drug-likeness (QED) is 0.696. The van der Waals surface area contributed by atoms with Gasteiger partial charge in [0, 0.05) is 11.6 Å². The number of halogens is 3. The number of nitrogens with zero attached hydrogens (tertiary/aromatic N) is 2. The zero-order valence-electron chi connectivity index (χ0n) is 10.6. The van der Waals surface area contributed by atoms with Crippen molar-refractivity contribution < 1.29 is 0 Å². The lowest BCUT2D eigenvalue weighted by Crippen LogP contribution is -2.00. The van der Waals surface area contributed by atoms with Crippen LogP contribution in [-0.2, 0) is 0 Å². The predicted octanol–water partition coefficient (Wildman–Crippen LogP) is 4.92. The fourth-order valence-electron chi connectivity index (χ4n) is 1.93. The van der Waals surface area contributed by atoms with Crippen molar-refractivity contribution in [3.8, 4) is 0 Å². The fraction of sp³-hybridized carbons (Fsp3) is 0. The minimum Gasteiger partial charge on any atom is -0.382 e. The summed E-state index contributed by atoms with van der Waals surface area (Å²) in [6.45, 7) is 0. The number of pyridine rings is 2. The van der Waals surface area contributed by atoms with Gasteiger partial charge >= 0.3 is 0 Å². The molecule has 0 unspecified atom stereocenters. The van der Waals surface area contributed by atoms with Gasteiger partial charge < -0.3 is 11.1 Å². The first-order valence-electron chi connectivity index (χ1n) is 5.98. The summed E-state index contributed by atoms with van der Waals surface area (Å²) >= 11 is 18.2. The largest absolute Gasteiger partial charge is 0.382 e. The van der Waals surface area contributed by atoms with Crippen molar-refractivity contribution in [3.05, 3.63) is 51.6 Å². The minimum absolute atomic E-state index is 0.204. The average molecular weight is 340 g/mol. The summed E-state index contributed by atoms with van der Waals surface area (Å²) in [7, 11) is 0. The van der Waals surface area contributed by atoms with E-state index in [0.717, 1.165) is 16.6 Å². The van der Waals surface area contributed by atoms with Crippen LogP contribution in [0.5, 0.6) is 0 Å². The Hall–Kier alpha value is -1.75. The summed E-state index contributed by atoms with van der Waals surface area (Å²) in [6, 6.07) is 8.84. The van der Waals surface area contributed by atoms with Gasteiger partial charge in [-0.1, -0.05) is 34.8 Å². The molecule has 0 atom stereocenters. The lowest BCUT2D eigenvalue weighted by atomic mass is 10.2. The number of hydrogen-bond donors (Lipinski definition) is 2. The highest BCUT2D eigenvalue weighted by atomic mass is 35.5. The Morgan fingerprint density at radius 2 is 1.81 bits per heavy atom. The van der Waals surface area contributed by atoms with Crippen LogP contribution in [0.3, 0.4) is 0 Å². The predicted molar refractivity (Wildman–Crippen MR) is 88.7 cm³/mol. The van der Waals surface area contributed by atoms with Crippen LogP contribution < -0.4 is 11.1 Å². The van der Waals surface area contributed by atoms with E-state index in [2.05, 4.69) is 15.3 Å². The van der Waals surface area contributed by atoms with E-state index in [1.165, 1.54) is 0 Å². The van der Waals surface area contributed by atoms with Gasteiger partial charge in [-0.2, -0.15) is 0 Å². The highest BCUT2D eigenvalue weighted by Crippen LogP contribution is 2.33. The molecule has 2 heterocycles. The standard InChI is InChI=1S/C14H9Cl3N4/c15-8-3-4-11(12-7(8)2-1-5-19-12)20-14-10(17)6-9(16)13(18)21-14/h1-6H,(H3,18,20,21). The molecule has 0 saturated carbocycles. The lowest BCUT2D eigenvalue weighted by Gasteiger charge is -2.11. The Labute approximate surface area is 135 Å². The molecule has 3 rings (SSSR count). The number of nitrogens with one attached hydrogen (secondary N) is 1. The second-order valence-electron chi connectivity index (χ2n) is 4.31. The van der Waals surface area contributed by atoms with Crippen molar-refractivity contribution in [3.63, 3.8) is 0 Å². The van der Waals surface area contributed by atoms with Gasteiger partial charge in [-0.3, -0.25) is 4.98 Å². The van der Waals surface area contributed by atoms with E-state index >= 15 is 0 Å². The number of fused-ring (bicyclic) bond motifs is 1. The number of rotatable bonds is 2. The Morgan fingerprint density at radius 3 is 2.62 bits per heavy atom. The third kappa shape index (κ3) is 2.70. The molecular weight excluding hydrogens is 331 g/mol. The number of anilines is 3. The number of hydrogen-bond acceptors (Lipinski definition) is 4. The van der Waals surface area contributed by atoms with Crippen LogP contribution in [0.2, 0.25) is 15.1 Å². The lowest BCUT2D eigenvalue weighted by molar-refractivity contribution is 1.31. The molecule has 0 spiro atoms. The molecule has 2 aromatic heterocycles. The summed E-state index contributed by atoms with van der Waals surface area (Å²) in [5.74, 6) is 0.614. The van der Waals surface area contributed by atoms with Crippen LogP contribution in [-0.4, -0.2) is 9.97 Å². The number of nitrogens with two attached hydrogens (primary N) is 1. The number of aromatic nitrogens is 2. The molecule has 0 aliphatic rings. The molecule has 106 valence electrons. The van der Waals surface area contributed by atoms with Crippen LogP contribution in [0.4, 0.5) is 17.3 Å². The summed E-state index contributed by atoms with van der Waals surface area (Å²) in [5, 5.41) is 5.25. The van der Waals surface area contributed by atoms with Crippen molar-refractivity contribution in [2.24, 2.45) is 0 Å². The third-order valence-electron chi connectivity index (χ3n) is 2.93. The fourth-order valence-corrected chi connectivity index (χ4v) is 2.56. The van der Waals surface area contributed by atoms with E-state index < -0.39 is 0 Å². The van der Waals surface area contributed by atoms with Gasteiger partial charge in [0.25, 0.3) is 0 Å². The van der Waals surface area contributed by atoms with Gasteiger partial charge in [-0.15, -0.1) is 0 Å². The zero-order chi connectivity index (χ0) is 15.0. The van der Waals surface area contributed by atoms with E-state index in [0.29, 0.717) is 20.9 Å². The maximum atomic E-state index is 6.16. The molecule has 0 fully saturated rings. The van der Waals surface area contributed by atoms with Crippen molar-refractivity contribution >= 4 is 63.0 Å². The molecule has 3 aromatic rings. The minimum atomic E-state index is 0.204. The van der Waals surface area contributed by atoms with Crippen molar-refractivity contribution in [2.75, 3.05) is 11.1 Å². The molecule has 3 N–H and O–H groups in total. The molecule has 7 heteroatoms. The van der Waals surface area contributed by atoms with E-state index in [4.69, 9.17) is 40.5 Å². The summed E-state index contributed by atoms with van der Waals surface area (Å²) in [5.41, 5.74) is 7.15. The van der Waals surface area contributed by atoms with Gasteiger partial charge in [-0.25, -0.2) is 4.98 Å². The van der Waals surface area contributed by atoms with Crippen LogP contribution in [0.25, 0.3) is 10.9 Å². The Kier molecular flexibility index (Phi) is 3.76. The highest BCUT2D eigenvalue weighted by molar-refractivity contribution is 6.37. The van der Waals surface area contributed by atoms with Crippen LogP contribution in [0, 0.1) is 0 Å².